The van der Waals surface area contributed by atoms with Crippen LogP contribution in [-0.4, -0.2) is 49.1 Å². The van der Waals surface area contributed by atoms with Crippen LogP contribution in [0.3, 0.4) is 0 Å². The number of ether oxygens (including phenoxy) is 1. The van der Waals surface area contributed by atoms with Crippen molar-refractivity contribution in [1.29, 1.82) is 0 Å². The standard InChI is InChI=1S/C21H28N4O2S/c1-15-12-25(13-18(15)20(26)27-3)21(22-2)23-11-17-14-28-19(24-17)10-9-16-7-5-4-6-8-16/h4-8,14-15,18H,9-13H2,1-3H3,(H,22,23). The molecular weight excluding hydrogens is 372 g/mol. The van der Waals surface area contributed by atoms with Gasteiger partial charge in [-0.1, -0.05) is 37.3 Å². The van der Waals surface area contributed by atoms with Gasteiger partial charge in [-0.15, -0.1) is 11.3 Å². The molecule has 0 aliphatic carbocycles. The third-order valence-electron chi connectivity index (χ3n) is 5.12. The molecule has 7 heteroatoms. The second-order valence-electron chi connectivity index (χ2n) is 7.13. The van der Waals surface area contributed by atoms with Gasteiger partial charge >= 0.3 is 5.97 Å². The van der Waals surface area contributed by atoms with E-state index in [0.29, 0.717) is 13.1 Å². The molecule has 2 aromatic rings. The minimum Gasteiger partial charge on any atom is -0.469 e. The molecule has 3 rings (SSSR count). The molecule has 6 nitrogen and oxygen atoms in total. The highest BCUT2D eigenvalue weighted by molar-refractivity contribution is 7.09. The van der Waals surface area contributed by atoms with Crippen LogP contribution in [0.1, 0.15) is 23.2 Å². The summed E-state index contributed by atoms with van der Waals surface area (Å²) < 4.78 is 4.92. The number of likely N-dealkylation sites (tertiary alicyclic amines) is 1. The lowest BCUT2D eigenvalue weighted by Crippen LogP contribution is -2.40. The van der Waals surface area contributed by atoms with Crippen LogP contribution in [0.4, 0.5) is 0 Å². The minimum atomic E-state index is -0.145. The maximum absolute atomic E-state index is 11.9. The lowest BCUT2D eigenvalue weighted by Gasteiger charge is -2.21. The normalized spacial score (nSPS) is 19.7. The van der Waals surface area contributed by atoms with Crippen molar-refractivity contribution in [2.24, 2.45) is 16.8 Å². The van der Waals surface area contributed by atoms with Gasteiger partial charge in [0.2, 0.25) is 0 Å². The molecule has 1 N–H and O–H groups in total. The Morgan fingerprint density at radius 2 is 2.11 bits per heavy atom. The first-order valence-corrected chi connectivity index (χ1v) is 10.5. The molecule has 2 atom stereocenters. The number of thiazole rings is 1. The Bertz CT molecular complexity index is 806. The number of nitrogens with one attached hydrogen (secondary N) is 1. The van der Waals surface area contributed by atoms with Gasteiger partial charge in [-0.05, 0) is 17.9 Å². The molecule has 150 valence electrons. The van der Waals surface area contributed by atoms with Crippen LogP contribution in [-0.2, 0) is 28.9 Å². The van der Waals surface area contributed by atoms with Gasteiger partial charge in [0.1, 0.15) is 0 Å². The second kappa shape index (κ2) is 9.68. The van der Waals surface area contributed by atoms with E-state index in [1.54, 1.807) is 18.4 Å². The minimum absolute atomic E-state index is 0.104. The van der Waals surface area contributed by atoms with Gasteiger partial charge < -0.3 is 15.0 Å². The molecule has 0 saturated carbocycles. The van der Waals surface area contributed by atoms with Crippen LogP contribution in [0.5, 0.6) is 0 Å². The van der Waals surface area contributed by atoms with Crippen molar-refractivity contribution in [2.75, 3.05) is 27.2 Å². The van der Waals surface area contributed by atoms with Crippen molar-refractivity contribution < 1.29 is 9.53 Å². The van der Waals surface area contributed by atoms with E-state index >= 15 is 0 Å². The Balaban J connectivity index is 1.50. The van der Waals surface area contributed by atoms with Gasteiger partial charge in [0.05, 0.1) is 30.3 Å². The smallest absolute Gasteiger partial charge is 0.310 e. The number of nitrogens with zero attached hydrogens (tertiary/aromatic N) is 3. The summed E-state index contributed by atoms with van der Waals surface area (Å²) in [4.78, 5) is 23.1. The van der Waals surface area contributed by atoms with E-state index in [9.17, 15) is 4.79 Å². The first-order chi connectivity index (χ1) is 13.6. The third-order valence-corrected chi connectivity index (χ3v) is 6.08. The van der Waals surface area contributed by atoms with Crippen molar-refractivity contribution in [3.05, 3.63) is 52.0 Å². The van der Waals surface area contributed by atoms with Crippen LogP contribution in [0.2, 0.25) is 0 Å². The molecule has 0 radical (unpaired) electrons. The molecule has 1 aliphatic rings. The molecule has 2 heterocycles. The fourth-order valence-electron chi connectivity index (χ4n) is 3.54. The van der Waals surface area contributed by atoms with Crippen molar-refractivity contribution >= 4 is 23.3 Å². The van der Waals surface area contributed by atoms with Crippen molar-refractivity contribution in [3.8, 4) is 0 Å². The maximum atomic E-state index is 11.9. The molecule has 1 aromatic carbocycles. The number of methoxy groups -OCH3 is 1. The summed E-state index contributed by atoms with van der Waals surface area (Å²) in [7, 11) is 3.22. The average Bonchev–Trinajstić information content (AvgIpc) is 3.34. The molecule has 1 aliphatic heterocycles. The SMILES string of the molecule is CN=C(NCc1csc(CCc2ccccc2)n1)N1CC(C)C(C(=O)OC)C1. The lowest BCUT2D eigenvalue weighted by molar-refractivity contribution is -0.145. The largest absolute Gasteiger partial charge is 0.469 e. The molecule has 1 saturated heterocycles. The number of aliphatic imine (C=N–C) groups is 1. The fraction of sp³-hybridized carbons (Fsp3) is 0.476. The zero-order chi connectivity index (χ0) is 19.9. The molecule has 0 bridgehead atoms. The van der Waals surface area contributed by atoms with E-state index < -0.39 is 0 Å². The first-order valence-electron chi connectivity index (χ1n) is 9.61. The summed E-state index contributed by atoms with van der Waals surface area (Å²) in [6.07, 6.45) is 1.96. The summed E-state index contributed by atoms with van der Waals surface area (Å²) in [5.41, 5.74) is 2.35. The maximum Gasteiger partial charge on any atom is 0.310 e. The summed E-state index contributed by atoms with van der Waals surface area (Å²) in [6, 6.07) is 10.5. The number of esters is 1. The third kappa shape index (κ3) is 5.10. The van der Waals surface area contributed by atoms with E-state index in [2.05, 4.69) is 51.8 Å². The molecule has 0 amide bonds. The summed E-state index contributed by atoms with van der Waals surface area (Å²) in [6.45, 7) is 4.13. The van der Waals surface area contributed by atoms with Gasteiger partial charge in [-0.2, -0.15) is 0 Å². The predicted octanol–water partition coefficient (Wildman–Crippen LogP) is 2.74. The Hall–Kier alpha value is -2.41. The van der Waals surface area contributed by atoms with Gasteiger partial charge in [0, 0.05) is 31.9 Å². The van der Waals surface area contributed by atoms with Crippen LogP contribution < -0.4 is 5.32 Å². The number of hydrogen-bond donors (Lipinski definition) is 1. The predicted molar refractivity (Wildman–Crippen MR) is 112 cm³/mol. The van der Waals surface area contributed by atoms with Crippen LogP contribution in [0, 0.1) is 11.8 Å². The molecular formula is C21H28N4O2S. The quantitative estimate of drug-likeness (QED) is 0.459. The van der Waals surface area contributed by atoms with Crippen molar-refractivity contribution in [3.63, 3.8) is 0 Å². The number of benzene rings is 1. The summed E-state index contributed by atoms with van der Waals surface area (Å²) in [5.74, 6) is 0.798. The highest BCUT2D eigenvalue weighted by Gasteiger charge is 2.36. The van der Waals surface area contributed by atoms with E-state index in [1.165, 1.54) is 12.7 Å². The van der Waals surface area contributed by atoms with Crippen LogP contribution in [0.25, 0.3) is 0 Å². The Kier molecular flexibility index (Phi) is 7.03. The fourth-order valence-corrected chi connectivity index (χ4v) is 4.34. The Morgan fingerprint density at radius 1 is 1.32 bits per heavy atom. The molecule has 1 fully saturated rings. The van der Waals surface area contributed by atoms with Crippen molar-refractivity contribution in [1.82, 2.24) is 15.2 Å². The number of rotatable bonds is 6. The van der Waals surface area contributed by atoms with Crippen LogP contribution in [0.15, 0.2) is 40.7 Å². The van der Waals surface area contributed by atoms with E-state index in [4.69, 9.17) is 9.72 Å². The van der Waals surface area contributed by atoms with E-state index in [-0.39, 0.29) is 17.8 Å². The first kappa shape index (κ1) is 20.3. The Morgan fingerprint density at radius 3 is 2.82 bits per heavy atom. The number of guanidine groups is 1. The number of carbonyl (C=O) groups is 1. The summed E-state index contributed by atoms with van der Waals surface area (Å²) in [5, 5.41) is 6.63. The molecule has 2 unspecified atom stereocenters. The van der Waals surface area contributed by atoms with Gasteiger partial charge in [0.15, 0.2) is 5.96 Å². The van der Waals surface area contributed by atoms with Gasteiger partial charge in [-0.3, -0.25) is 9.79 Å². The number of aromatic nitrogens is 1. The molecule has 0 spiro atoms. The van der Waals surface area contributed by atoms with E-state index in [1.807, 2.05) is 6.07 Å². The molecule has 1 aromatic heterocycles. The van der Waals surface area contributed by atoms with E-state index in [0.717, 1.165) is 36.0 Å². The zero-order valence-corrected chi connectivity index (χ0v) is 17.5. The van der Waals surface area contributed by atoms with Gasteiger partial charge in [-0.25, -0.2) is 4.98 Å². The summed E-state index contributed by atoms with van der Waals surface area (Å²) >= 11 is 1.70. The lowest BCUT2D eigenvalue weighted by atomic mass is 9.99. The molecule has 28 heavy (non-hydrogen) atoms. The number of hydrogen-bond acceptors (Lipinski definition) is 5. The Labute approximate surface area is 170 Å². The number of aryl methyl sites for hydroxylation is 2. The van der Waals surface area contributed by atoms with Crippen LogP contribution >= 0.6 is 11.3 Å². The number of carbonyl (C=O) groups excluding carboxylic acids is 1. The monoisotopic (exact) mass is 400 g/mol. The average molecular weight is 401 g/mol. The van der Waals surface area contributed by atoms with Gasteiger partial charge in [0.25, 0.3) is 0 Å². The van der Waals surface area contributed by atoms with Crippen molar-refractivity contribution in [2.45, 2.75) is 26.3 Å². The topological polar surface area (TPSA) is 66.8 Å². The highest BCUT2D eigenvalue weighted by Crippen LogP contribution is 2.24. The zero-order valence-electron chi connectivity index (χ0n) is 16.7. The second-order valence-corrected chi connectivity index (χ2v) is 8.07. The highest BCUT2D eigenvalue weighted by atomic mass is 32.1.